The molecule has 23 heavy (non-hydrogen) atoms. The highest BCUT2D eigenvalue weighted by molar-refractivity contribution is 5.97. The number of anilines is 1. The first-order chi connectivity index (χ1) is 11.1. The molecule has 2 aromatic rings. The van der Waals surface area contributed by atoms with E-state index < -0.39 is 11.7 Å². The standard InChI is InChI=1S/C17H16FN3O2/c18-14-6-1-2-7-15(14)20-17(23)12-9-16(22)21(10-12)11-13-5-3-4-8-19-13/h1-8,12H,9-11H2,(H,20,23). The predicted molar refractivity (Wildman–Crippen MR) is 82.8 cm³/mol. The molecular formula is C17H16FN3O2. The van der Waals surface area contributed by atoms with Crippen LogP contribution in [0.1, 0.15) is 12.1 Å². The second-order valence-corrected chi connectivity index (χ2v) is 5.47. The van der Waals surface area contributed by atoms with Crippen LogP contribution in [0.3, 0.4) is 0 Å². The summed E-state index contributed by atoms with van der Waals surface area (Å²) in [6, 6.07) is 11.5. The van der Waals surface area contributed by atoms with Gasteiger partial charge in [-0.3, -0.25) is 14.6 Å². The summed E-state index contributed by atoms with van der Waals surface area (Å²) >= 11 is 0. The first-order valence-electron chi connectivity index (χ1n) is 7.36. The molecule has 0 saturated carbocycles. The minimum absolute atomic E-state index is 0.0932. The zero-order valence-corrected chi connectivity index (χ0v) is 12.4. The maximum Gasteiger partial charge on any atom is 0.229 e. The lowest BCUT2D eigenvalue weighted by Gasteiger charge is -2.16. The molecule has 5 nitrogen and oxygen atoms in total. The van der Waals surface area contributed by atoms with E-state index in [0.717, 1.165) is 5.69 Å². The molecule has 0 radical (unpaired) electrons. The van der Waals surface area contributed by atoms with Crippen LogP contribution in [0.15, 0.2) is 48.7 Å². The van der Waals surface area contributed by atoms with Crippen LogP contribution in [-0.4, -0.2) is 28.2 Å². The largest absolute Gasteiger partial charge is 0.336 e. The summed E-state index contributed by atoms with van der Waals surface area (Å²) in [5.74, 6) is -1.40. The average Bonchev–Trinajstić information content (AvgIpc) is 2.92. The number of aromatic nitrogens is 1. The van der Waals surface area contributed by atoms with Gasteiger partial charge in [0.15, 0.2) is 0 Å². The van der Waals surface area contributed by atoms with Crippen molar-refractivity contribution in [3.8, 4) is 0 Å². The number of amides is 2. The fourth-order valence-electron chi connectivity index (χ4n) is 2.59. The van der Waals surface area contributed by atoms with Crippen LogP contribution < -0.4 is 5.32 Å². The number of halogens is 1. The molecule has 1 saturated heterocycles. The number of para-hydroxylation sites is 1. The molecule has 1 N–H and O–H groups in total. The van der Waals surface area contributed by atoms with Crippen molar-refractivity contribution in [2.24, 2.45) is 5.92 Å². The monoisotopic (exact) mass is 313 g/mol. The number of nitrogens with zero attached hydrogens (tertiary/aromatic N) is 2. The van der Waals surface area contributed by atoms with E-state index in [0.29, 0.717) is 13.1 Å². The topological polar surface area (TPSA) is 62.3 Å². The Hall–Kier alpha value is -2.76. The van der Waals surface area contributed by atoms with Crippen LogP contribution in [0.4, 0.5) is 10.1 Å². The van der Waals surface area contributed by atoms with Crippen molar-refractivity contribution in [2.45, 2.75) is 13.0 Å². The third kappa shape index (κ3) is 3.53. The summed E-state index contributed by atoms with van der Waals surface area (Å²) in [6.45, 7) is 0.693. The number of pyridine rings is 1. The van der Waals surface area contributed by atoms with Gasteiger partial charge in [0, 0.05) is 19.2 Å². The number of hydrogen-bond acceptors (Lipinski definition) is 3. The number of carbonyl (C=O) groups excluding carboxylic acids is 2. The molecule has 0 aliphatic carbocycles. The van der Waals surface area contributed by atoms with Gasteiger partial charge in [-0.15, -0.1) is 0 Å². The second-order valence-electron chi connectivity index (χ2n) is 5.47. The van der Waals surface area contributed by atoms with E-state index in [1.54, 1.807) is 29.3 Å². The van der Waals surface area contributed by atoms with E-state index in [9.17, 15) is 14.0 Å². The zero-order valence-electron chi connectivity index (χ0n) is 12.4. The molecule has 3 rings (SSSR count). The van der Waals surface area contributed by atoms with Crippen molar-refractivity contribution >= 4 is 17.5 Å². The maximum atomic E-state index is 13.6. The summed E-state index contributed by atoms with van der Waals surface area (Å²) in [4.78, 5) is 30.1. The van der Waals surface area contributed by atoms with E-state index in [4.69, 9.17) is 0 Å². The lowest BCUT2D eigenvalue weighted by molar-refractivity contribution is -0.128. The Morgan fingerprint density at radius 2 is 2.04 bits per heavy atom. The number of hydrogen-bond donors (Lipinski definition) is 1. The fourth-order valence-corrected chi connectivity index (χ4v) is 2.59. The summed E-state index contributed by atoms with van der Waals surface area (Å²) in [5, 5.41) is 2.55. The molecule has 1 aliphatic heterocycles. The maximum absolute atomic E-state index is 13.6. The van der Waals surface area contributed by atoms with Crippen molar-refractivity contribution in [3.05, 3.63) is 60.2 Å². The molecule has 0 bridgehead atoms. The molecule has 1 fully saturated rings. The van der Waals surface area contributed by atoms with Crippen LogP contribution in [0.5, 0.6) is 0 Å². The third-order valence-electron chi connectivity index (χ3n) is 3.80. The Balaban J connectivity index is 1.63. The van der Waals surface area contributed by atoms with Crippen molar-refractivity contribution in [1.29, 1.82) is 0 Å². The van der Waals surface area contributed by atoms with Gasteiger partial charge >= 0.3 is 0 Å². The molecule has 0 spiro atoms. The van der Waals surface area contributed by atoms with E-state index in [-0.39, 0.29) is 23.9 Å². The van der Waals surface area contributed by atoms with E-state index >= 15 is 0 Å². The van der Waals surface area contributed by atoms with Crippen LogP contribution in [0.25, 0.3) is 0 Å². The summed E-state index contributed by atoms with van der Waals surface area (Å²) < 4.78 is 13.6. The number of nitrogens with one attached hydrogen (secondary N) is 1. The van der Waals surface area contributed by atoms with Gasteiger partial charge < -0.3 is 10.2 Å². The van der Waals surface area contributed by atoms with Crippen LogP contribution in [-0.2, 0) is 16.1 Å². The summed E-state index contributed by atoms with van der Waals surface area (Å²) in [6.07, 6.45) is 1.80. The molecule has 1 atom stereocenters. The average molecular weight is 313 g/mol. The Kier molecular flexibility index (Phi) is 4.32. The molecule has 2 amide bonds. The minimum atomic E-state index is -0.490. The summed E-state index contributed by atoms with van der Waals surface area (Å²) in [7, 11) is 0. The predicted octanol–water partition coefficient (Wildman–Crippen LogP) is 2.21. The van der Waals surface area contributed by atoms with Gasteiger partial charge in [-0.1, -0.05) is 18.2 Å². The molecule has 1 aromatic carbocycles. The minimum Gasteiger partial charge on any atom is -0.336 e. The smallest absolute Gasteiger partial charge is 0.229 e. The number of benzene rings is 1. The first-order valence-corrected chi connectivity index (χ1v) is 7.36. The number of carbonyl (C=O) groups is 2. The fraction of sp³-hybridized carbons (Fsp3) is 0.235. The van der Waals surface area contributed by atoms with E-state index in [2.05, 4.69) is 10.3 Å². The molecular weight excluding hydrogens is 297 g/mol. The summed E-state index contributed by atoms with van der Waals surface area (Å²) in [5.41, 5.74) is 0.907. The molecule has 1 aliphatic rings. The van der Waals surface area contributed by atoms with Gasteiger partial charge in [-0.2, -0.15) is 0 Å². The molecule has 2 heterocycles. The van der Waals surface area contributed by atoms with Crippen LogP contribution in [0, 0.1) is 11.7 Å². The molecule has 6 heteroatoms. The highest BCUT2D eigenvalue weighted by Crippen LogP contribution is 2.22. The highest BCUT2D eigenvalue weighted by atomic mass is 19.1. The van der Waals surface area contributed by atoms with Gasteiger partial charge in [-0.05, 0) is 24.3 Å². The molecule has 1 unspecified atom stereocenters. The van der Waals surface area contributed by atoms with Gasteiger partial charge in [0.2, 0.25) is 11.8 Å². The number of rotatable bonds is 4. The lowest BCUT2D eigenvalue weighted by atomic mass is 10.1. The zero-order chi connectivity index (χ0) is 16.2. The Morgan fingerprint density at radius 1 is 1.26 bits per heavy atom. The highest BCUT2D eigenvalue weighted by Gasteiger charge is 2.34. The normalized spacial score (nSPS) is 17.3. The molecule has 1 aromatic heterocycles. The molecule has 118 valence electrons. The van der Waals surface area contributed by atoms with Crippen molar-refractivity contribution in [1.82, 2.24) is 9.88 Å². The van der Waals surface area contributed by atoms with Crippen molar-refractivity contribution < 1.29 is 14.0 Å². The number of likely N-dealkylation sites (tertiary alicyclic amines) is 1. The lowest BCUT2D eigenvalue weighted by Crippen LogP contribution is -2.28. The Morgan fingerprint density at radius 3 is 2.78 bits per heavy atom. The Bertz CT molecular complexity index is 721. The quantitative estimate of drug-likeness (QED) is 0.941. The second kappa shape index (κ2) is 6.56. The van der Waals surface area contributed by atoms with Gasteiger partial charge in [0.1, 0.15) is 5.82 Å². The van der Waals surface area contributed by atoms with Crippen molar-refractivity contribution in [2.75, 3.05) is 11.9 Å². The Labute approximate surface area is 133 Å². The SMILES string of the molecule is O=C(Nc1ccccc1F)C1CC(=O)N(Cc2ccccn2)C1. The van der Waals surface area contributed by atoms with Gasteiger partial charge in [-0.25, -0.2) is 4.39 Å². The third-order valence-corrected chi connectivity index (χ3v) is 3.80. The van der Waals surface area contributed by atoms with Gasteiger partial charge in [0.05, 0.1) is 23.8 Å². The van der Waals surface area contributed by atoms with Crippen LogP contribution in [0.2, 0.25) is 0 Å². The van der Waals surface area contributed by atoms with Crippen molar-refractivity contribution in [3.63, 3.8) is 0 Å². The van der Waals surface area contributed by atoms with E-state index in [1.807, 2.05) is 12.1 Å². The first kappa shape index (κ1) is 15.1. The van der Waals surface area contributed by atoms with Gasteiger partial charge in [0.25, 0.3) is 0 Å². The van der Waals surface area contributed by atoms with Crippen LogP contribution >= 0.6 is 0 Å². The van der Waals surface area contributed by atoms with E-state index in [1.165, 1.54) is 12.1 Å².